The van der Waals surface area contributed by atoms with Crippen LogP contribution in [-0.4, -0.2) is 226 Å². The quantitative estimate of drug-likeness (QED) is 0.0230. The van der Waals surface area contributed by atoms with Gasteiger partial charge in [0, 0.05) is 32.1 Å². The molecule has 41 nitrogen and oxygen atoms in total. The normalized spacial score (nSPS) is 20.8. The van der Waals surface area contributed by atoms with Crippen LogP contribution < -0.4 is 97.4 Å². The number of carbonyl (C=O) groups is 20. The molecule has 0 aliphatic carbocycles. The van der Waals surface area contributed by atoms with E-state index in [9.17, 15) is 106 Å². The van der Waals surface area contributed by atoms with Crippen LogP contribution >= 0.6 is 0 Å². The number of amides is 18. The third-order valence-corrected chi connectivity index (χ3v) is 20.0. The number of aliphatic hydroxyl groups is 1. The predicted octanol–water partition coefficient (Wildman–Crippen LogP) is -2.07. The van der Waals surface area contributed by atoms with Crippen molar-refractivity contribution in [3.05, 3.63) is 0 Å². The zero-order valence-electron chi connectivity index (χ0n) is 73.7. The van der Waals surface area contributed by atoms with E-state index in [-0.39, 0.29) is 56.3 Å². The van der Waals surface area contributed by atoms with Crippen LogP contribution in [0.1, 0.15) is 252 Å². The van der Waals surface area contributed by atoms with E-state index >= 15 is 0 Å². The highest BCUT2D eigenvalue weighted by Crippen LogP contribution is 2.19. The van der Waals surface area contributed by atoms with Gasteiger partial charge in [0.05, 0.1) is 12.5 Å². The molecule has 1 rings (SSSR count). The molecule has 1 fully saturated rings. The van der Waals surface area contributed by atoms with Crippen molar-refractivity contribution in [3.63, 3.8) is 0 Å². The number of aliphatic carboxylic acids is 1. The first kappa shape index (κ1) is 109. The summed E-state index contributed by atoms with van der Waals surface area (Å²) in [5, 5.41) is 55.5. The molecule has 0 aromatic carbocycles. The van der Waals surface area contributed by atoms with Gasteiger partial charge < -0.3 is 112 Å². The molecular weight excluding hydrogens is 1590 g/mol. The number of aliphatic hydroxyl groups excluding tert-OH is 1. The summed E-state index contributed by atoms with van der Waals surface area (Å²) in [5.74, 6) is -24.8. The molecule has 0 aromatic heterocycles. The molecular formula is C81H140N18O23. The van der Waals surface area contributed by atoms with Gasteiger partial charge in [-0.1, -0.05) is 142 Å². The van der Waals surface area contributed by atoms with Crippen LogP contribution in [0.4, 0.5) is 0 Å². The molecule has 0 radical (unpaired) electrons. The van der Waals surface area contributed by atoms with Gasteiger partial charge in [-0.2, -0.15) is 0 Å². The van der Waals surface area contributed by atoms with E-state index in [1.807, 2.05) is 0 Å². The van der Waals surface area contributed by atoms with Crippen molar-refractivity contribution in [1.82, 2.24) is 74.4 Å². The molecule has 692 valence electrons. The average Bonchev–Trinajstić information content (AvgIpc) is 1.08. The minimum atomic E-state index is -2.11. The molecule has 0 saturated carbocycles. The molecule has 0 bridgehead atoms. The fourth-order valence-electron chi connectivity index (χ4n) is 12.9. The minimum Gasteiger partial charge on any atom is -0.481 e. The van der Waals surface area contributed by atoms with Crippen molar-refractivity contribution in [2.45, 2.75) is 343 Å². The molecule has 1 aliphatic heterocycles. The number of primary amides is 4. The average molecular weight is 1730 g/mol. The Balaban J connectivity index is 4.14. The fourth-order valence-corrected chi connectivity index (χ4v) is 12.9. The van der Waals surface area contributed by atoms with E-state index in [2.05, 4.69) is 81.4 Å². The number of carboxylic acid groups (broad SMARTS) is 1. The molecule has 0 spiro atoms. The lowest BCUT2D eigenvalue weighted by molar-refractivity contribution is -0.152. The molecule has 1 aliphatic rings. The minimum absolute atomic E-state index is 0.0344. The van der Waals surface area contributed by atoms with Gasteiger partial charge in [0.2, 0.25) is 106 Å². The van der Waals surface area contributed by atoms with Crippen LogP contribution in [0.5, 0.6) is 0 Å². The first-order chi connectivity index (χ1) is 56.9. The first-order valence-corrected chi connectivity index (χ1v) is 42.4. The Hall–Kier alpha value is -10.6. The van der Waals surface area contributed by atoms with Gasteiger partial charge in [0.15, 0.2) is 0 Å². The summed E-state index contributed by atoms with van der Waals surface area (Å²) in [6.07, 6.45) is -2.17. The largest absolute Gasteiger partial charge is 0.481 e. The second kappa shape index (κ2) is 56.1. The number of nitrogens with one attached hydrogen (secondary N) is 14. The summed E-state index contributed by atoms with van der Waals surface area (Å²) < 4.78 is 5.75. The van der Waals surface area contributed by atoms with Gasteiger partial charge in [-0.15, -0.1) is 0 Å². The van der Waals surface area contributed by atoms with Crippen LogP contribution in [0.3, 0.4) is 0 Å². The van der Waals surface area contributed by atoms with Crippen molar-refractivity contribution >= 4 is 118 Å². The number of ether oxygens (including phenoxy) is 1. The number of esters is 1. The maximum Gasteiger partial charge on any atom is 0.329 e. The van der Waals surface area contributed by atoms with Gasteiger partial charge in [0.1, 0.15) is 91.2 Å². The Morgan fingerprint density at radius 1 is 0.426 bits per heavy atom. The number of rotatable bonds is 48. The number of hydrogen-bond acceptors (Lipinski definition) is 22. The summed E-state index contributed by atoms with van der Waals surface area (Å²) >= 11 is 0. The Kier molecular flexibility index (Phi) is 50.3. The van der Waals surface area contributed by atoms with Crippen LogP contribution in [0, 0.1) is 41.4 Å². The van der Waals surface area contributed by atoms with Crippen molar-refractivity contribution in [2.24, 2.45) is 64.4 Å². The van der Waals surface area contributed by atoms with E-state index in [1.165, 1.54) is 41.5 Å². The molecule has 122 heavy (non-hydrogen) atoms. The molecule has 41 heteroatoms. The summed E-state index contributed by atoms with van der Waals surface area (Å²) in [7, 11) is 0. The topological polar surface area (TPSA) is 664 Å². The number of cyclic esters (lactones) is 1. The Morgan fingerprint density at radius 2 is 0.828 bits per heavy atom. The highest BCUT2D eigenvalue weighted by atomic mass is 16.5. The van der Waals surface area contributed by atoms with E-state index < -0.39 is 303 Å². The molecule has 1 saturated heterocycles. The highest BCUT2D eigenvalue weighted by Gasteiger charge is 2.41. The van der Waals surface area contributed by atoms with Crippen molar-refractivity contribution < 1.29 is 111 Å². The van der Waals surface area contributed by atoms with Gasteiger partial charge in [-0.25, -0.2) is 4.79 Å². The number of hydrogen-bond donors (Lipinski definition) is 20. The van der Waals surface area contributed by atoms with Gasteiger partial charge in [-0.05, 0) is 113 Å². The molecule has 18 amide bonds. The van der Waals surface area contributed by atoms with Gasteiger partial charge in [0.25, 0.3) is 0 Å². The maximum absolute atomic E-state index is 15.0. The fraction of sp³-hybridized carbons (Fsp3) is 0.753. The third-order valence-electron chi connectivity index (χ3n) is 20.0. The van der Waals surface area contributed by atoms with Crippen molar-refractivity contribution in [2.75, 3.05) is 6.61 Å². The van der Waals surface area contributed by atoms with Crippen molar-refractivity contribution in [1.29, 1.82) is 0 Å². The number of carbonyl (C=O) groups excluding carboxylic acids is 19. The molecule has 16 atom stereocenters. The smallest absolute Gasteiger partial charge is 0.329 e. The van der Waals surface area contributed by atoms with Crippen LogP contribution in [0.15, 0.2) is 0 Å². The van der Waals surface area contributed by atoms with Crippen molar-refractivity contribution in [3.8, 4) is 0 Å². The van der Waals surface area contributed by atoms with Gasteiger partial charge >= 0.3 is 11.9 Å². The van der Waals surface area contributed by atoms with Gasteiger partial charge in [-0.3, -0.25) is 91.1 Å². The Morgan fingerprint density at radius 3 is 1.26 bits per heavy atom. The second-order valence-electron chi connectivity index (χ2n) is 33.9. The van der Waals surface area contributed by atoms with Crippen LogP contribution in [-0.2, 0) is 101 Å². The Labute approximate surface area is 714 Å². The zero-order valence-corrected chi connectivity index (χ0v) is 73.7. The number of nitrogens with two attached hydrogens (primary N) is 4. The standard InChI is InChI=1S/C81H140N18O23/c1-17-19-20-21-22-23-48(100)38-63(105)87-54(34-40(3)4)74(114)92-53(28-33-64(106)107)69(109)89-51(26-31-61(84)103)72(112)97-66(45(13)14)80(120)95-57(37-43(9)10)76(116)90-50(25-30-60(83)102)71(111)96-58-39-122-81(121)67(46(15)18-2)99-73(113)52(27-32-62(85)104)91-75(115)55(35-41(5)6)94-77(117)56(36-42(7)8)93-70(110)49(24-29-59(82)101)88-68(108)47(16)86-79(119)65(44(11)12)98-78(58)118/h40-58,65-67,100H,17-39H2,1-16H3,(H2,82,101)(H2,83,102)(H2,84,103)(H2,85,104)(H,86,119)(H,87,105)(H,88,108)(H,89,109)(H,90,116)(H,91,115)(H,92,114)(H,93,110)(H,94,117)(H,95,120)(H,96,111)(H,97,112)(H,98,118)(H,99,113)(H,106,107)/t46-,47+,48+,49+,50-,51+,52+,53+,54-,55-,56-,57+,58+,65+,66+,67-/m0/s1. The molecule has 0 aromatic rings. The SMILES string of the molecule is CCCCCCC[C@@H](O)CC(=O)N[C@@H](CC(C)C)C(=O)N[C@H](CCC(=O)O)C(=O)N[C@H](CCC(N)=O)C(=O)N[C@@H](C(=O)N[C@H](CC(C)C)C(=O)N[C@@H](CCC(N)=O)C(=O)N[C@@H]1COC(=O)[C@H]([C@@H](C)CC)NC(=O)[C@@H](CCC(N)=O)NC(=O)[C@H](CC(C)C)NC(=O)[C@H](CC(C)C)NC(=O)[C@@H](CCC(N)=O)NC(=O)[C@@H](C)NC(=O)[C@@H](C(C)C)NC1=O)C(C)C. The van der Waals surface area contributed by atoms with Crippen LogP contribution in [0.25, 0.3) is 0 Å². The number of carboxylic acids is 1. The molecule has 24 N–H and O–H groups in total. The lowest BCUT2D eigenvalue weighted by atomic mass is 9.97. The molecule has 1 heterocycles. The number of unbranched alkanes of at least 4 members (excludes halogenated alkanes) is 4. The van der Waals surface area contributed by atoms with E-state index in [4.69, 9.17) is 27.7 Å². The zero-order chi connectivity index (χ0) is 93.1. The highest BCUT2D eigenvalue weighted by molar-refractivity contribution is 6.01. The lowest BCUT2D eigenvalue weighted by Crippen LogP contribution is -2.62. The Bertz CT molecular complexity index is 3560. The third kappa shape index (κ3) is 43.2. The molecule has 0 unspecified atom stereocenters. The summed E-state index contributed by atoms with van der Waals surface area (Å²) in [6, 6.07) is -22.9. The van der Waals surface area contributed by atoms with E-state index in [0.29, 0.717) is 12.8 Å². The first-order valence-electron chi connectivity index (χ1n) is 42.4. The lowest BCUT2D eigenvalue weighted by Gasteiger charge is -2.30. The summed E-state index contributed by atoms with van der Waals surface area (Å²) in [6.45, 7) is 24.9. The maximum atomic E-state index is 15.0. The monoisotopic (exact) mass is 1730 g/mol. The second-order valence-corrected chi connectivity index (χ2v) is 33.9. The predicted molar refractivity (Wildman–Crippen MR) is 445 cm³/mol. The van der Waals surface area contributed by atoms with E-state index in [0.717, 1.165) is 25.7 Å². The van der Waals surface area contributed by atoms with Crippen LogP contribution in [0.2, 0.25) is 0 Å². The summed E-state index contributed by atoms with van der Waals surface area (Å²) in [4.78, 5) is 277. The van der Waals surface area contributed by atoms with E-state index in [1.54, 1.807) is 62.3 Å². The summed E-state index contributed by atoms with van der Waals surface area (Å²) in [5.41, 5.74) is 22.1.